The number of nitrogens with zero attached hydrogens (tertiary/aromatic N) is 1. The SMILES string of the molecule is CC(=O)NCCOc1ccc(C(=O)N2CCO[C@H](C(F)(F)F)C2)cc1. The van der Waals surface area contributed by atoms with Crippen LogP contribution < -0.4 is 10.1 Å². The summed E-state index contributed by atoms with van der Waals surface area (Å²) in [5.74, 6) is -0.147. The molecule has 0 aromatic heterocycles. The average molecular weight is 360 g/mol. The number of morpholine rings is 1. The van der Waals surface area contributed by atoms with Crippen molar-refractivity contribution in [2.24, 2.45) is 0 Å². The molecule has 1 heterocycles. The number of nitrogens with one attached hydrogen (secondary N) is 1. The average Bonchev–Trinajstić information content (AvgIpc) is 2.58. The van der Waals surface area contributed by atoms with Gasteiger partial charge in [0.25, 0.3) is 5.91 Å². The van der Waals surface area contributed by atoms with E-state index in [0.717, 1.165) is 4.90 Å². The molecule has 0 radical (unpaired) electrons. The van der Waals surface area contributed by atoms with E-state index in [1.807, 2.05) is 0 Å². The van der Waals surface area contributed by atoms with Crippen molar-refractivity contribution in [3.05, 3.63) is 29.8 Å². The van der Waals surface area contributed by atoms with Crippen LogP contribution in [0.2, 0.25) is 0 Å². The van der Waals surface area contributed by atoms with Gasteiger partial charge in [-0.2, -0.15) is 13.2 Å². The maximum Gasteiger partial charge on any atom is 0.416 e. The van der Waals surface area contributed by atoms with Crippen LogP contribution in [0.3, 0.4) is 0 Å². The molecule has 138 valence electrons. The minimum atomic E-state index is -4.50. The van der Waals surface area contributed by atoms with Crippen LogP contribution in [-0.2, 0) is 9.53 Å². The second kappa shape index (κ2) is 8.19. The highest BCUT2D eigenvalue weighted by atomic mass is 19.4. The molecule has 0 bridgehead atoms. The Morgan fingerprint density at radius 1 is 1.32 bits per heavy atom. The summed E-state index contributed by atoms with van der Waals surface area (Å²) in [6, 6.07) is 6.10. The first-order chi connectivity index (χ1) is 11.8. The van der Waals surface area contributed by atoms with Crippen LogP contribution in [0, 0.1) is 0 Å². The van der Waals surface area contributed by atoms with Crippen molar-refractivity contribution < 1.29 is 32.2 Å². The first-order valence-electron chi connectivity index (χ1n) is 7.72. The molecule has 2 rings (SSSR count). The maximum absolute atomic E-state index is 12.7. The molecule has 1 aliphatic heterocycles. The minimum Gasteiger partial charge on any atom is -0.492 e. The van der Waals surface area contributed by atoms with Gasteiger partial charge in [0.15, 0.2) is 6.10 Å². The summed E-state index contributed by atoms with van der Waals surface area (Å²) in [5.41, 5.74) is 0.275. The summed E-state index contributed by atoms with van der Waals surface area (Å²) in [4.78, 5) is 24.2. The summed E-state index contributed by atoms with van der Waals surface area (Å²) in [6.45, 7) is 1.46. The normalized spacial score (nSPS) is 17.9. The highest BCUT2D eigenvalue weighted by Gasteiger charge is 2.44. The molecule has 1 saturated heterocycles. The predicted molar refractivity (Wildman–Crippen MR) is 82.3 cm³/mol. The molecule has 1 aromatic carbocycles. The first kappa shape index (κ1) is 19.0. The topological polar surface area (TPSA) is 67.9 Å². The van der Waals surface area contributed by atoms with Gasteiger partial charge in [0.1, 0.15) is 12.4 Å². The van der Waals surface area contributed by atoms with Crippen molar-refractivity contribution in [3.8, 4) is 5.75 Å². The summed E-state index contributed by atoms with van der Waals surface area (Å²) >= 11 is 0. The second-order valence-corrected chi connectivity index (χ2v) is 5.51. The van der Waals surface area contributed by atoms with Crippen LogP contribution >= 0.6 is 0 Å². The van der Waals surface area contributed by atoms with Gasteiger partial charge < -0.3 is 19.7 Å². The summed E-state index contributed by atoms with van der Waals surface area (Å²) in [6.07, 6.45) is -6.45. The number of hydrogen-bond acceptors (Lipinski definition) is 4. The lowest BCUT2D eigenvalue weighted by atomic mass is 10.1. The quantitative estimate of drug-likeness (QED) is 0.810. The van der Waals surface area contributed by atoms with Crippen LogP contribution in [0.15, 0.2) is 24.3 Å². The monoisotopic (exact) mass is 360 g/mol. The minimum absolute atomic E-state index is 0.111. The van der Waals surface area contributed by atoms with Gasteiger partial charge in [-0.25, -0.2) is 0 Å². The Balaban J connectivity index is 1.90. The molecule has 0 saturated carbocycles. The lowest BCUT2D eigenvalue weighted by Gasteiger charge is -2.33. The molecular formula is C16H19F3N2O4. The first-order valence-corrected chi connectivity index (χ1v) is 7.72. The zero-order valence-electron chi connectivity index (χ0n) is 13.6. The smallest absolute Gasteiger partial charge is 0.416 e. The van der Waals surface area contributed by atoms with E-state index in [1.165, 1.54) is 19.1 Å². The van der Waals surface area contributed by atoms with Crippen molar-refractivity contribution in [3.63, 3.8) is 0 Å². The number of carbonyl (C=O) groups is 2. The van der Waals surface area contributed by atoms with E-state index in [9.17, 15) is 22.8 Å². The molecule has 1 N–H and O–H groups in total. The van der Waals surface area contributed by atoms with Gasteiger partial charge in [-0.3, -0.25) is 9.59 Å². The lowest BCUT2D eigenvalue weighted by molar-refractivity contribution is -0.233. The molecule has 9 heteroatoms. The van der Waals surface area contributed by atoms with Gasteiger partial charge in [-0.15, -0.1) is 0 Å². The number of ether oxygens (including phenoxy) is 2. The van der Waals surface area contributed by atoms with E-state index < -0.39 is 24.7 Å². The molecular weight excluding hydrogens is 341 g/mol. The number of halogens is 3. The van der Waals surface area contributed by atoms with Gasteiger partial charge in [-0.1, -0.05) is 0 Å². The Bertz CT molecular complexity index is 604. The van der Waals surface area contributed by atoms with Gasteiger partial charge in [0.05, 0.1) is 19.7 Å². The highest BCUT2D eigenvalue weighted by molar-refractivity contribution is 5.94. The summed E-state index contributed by atoms with van der Waals surface area (Å²) in [7, 11) is 0. The molecule has 6 nitrogen and oxygen atoms in total. The molecule has 1 fully saturated rings. The fourth-order valence-electron chi connectivity index (χ4n) is 2.30. The molecule has 1 atom stereocenters. The van der Waals surface area contributed by atoms with Crippen LogP contribution in [0.1, 0.15) is 17.3 Å². The Morgan fingerprint density at radius 2 is 2.00 bits per heavy atom. The number of hydrogen-bond donors (Lipinski definition) is 1. The lowest BCUT2D eigenvalue weighted by Crippen LogP contribution is -2.51. The van der Waals surface area contributed by atoms with Crippen LogP contribution in [0.5, 0.6) is 5.75 Å². The maximum atomic E-state index is 12.7. The van der Waals surface area contributed by atoms with Gasteiger partial charge in [-0.05, 0) is 24.3 Å². The fourth-order valence-corrected chi connectivity index (χ4v) is 2.30. The van der Waals surface area contributed by atoms with Crippen LogP contribution in [0.4, 0.5) is 13.2 Å². The van der Waals surface area contributed by atoms with Crippen molar-refractivity contribution >= 4 is 11.8 Å². The number of alkyl halides is 3. The predicted octanol–water partition coefficient (Wildman–Crippen LogP) is 1.60. The van der Waals surface area contributed by atoms with E-state index in [4.69, 9.17) is 4.74 Å². The third-order valence-corrected chi connectivity index (χ3v) is 3.56. The Hall–Kier alpha value is -2.29. The third kappa shape index (κ3) is 5.63. The molecule has 1 aromatic rings. The van der Waals surface area contributed by atoms with Crippen LogP contribution in [0.25, 0.3) is 0 Å². The Kier molecular flexibility index (Phi) is 6.24. The van der Waals surface area contributed by atoms with E-state index >= 15 is 0 Å². The van der Waals surface area contributed by atoms with Gasteiger partial charge in [0.2, 0.25) is 5.91 Å². The van der Waals surface area contributed by atoms with Crippen molar-refractivity contribution in [2.45, 2.75) is 19.2 Å². The summed E-state index contributed by atoms with van der Waals surface area (Å²) in [5, 5.41) is 2.58. The van der Waals surface area contributed by atoms with Crippen molar-refractivity contribution in [2.75, 3.05) is 32.8 Å². The second-order valence-electron chi connectivity index (χ2n) is 5.51. The molecule has 0 spiro atoms. The summed E-state index contributed by atoms with van der Waals surface area (Å²) < 4.78 is 48.2. The third-order valence-electron chi connectivity index (χ3n) is 3.56. The Labute approximate surface area is 142 Å². The fraction of sp³-hybridized carbons (Fsp3) is 0.500. The highest BCUT2D eigenvalue weighted by Crippen LogP contribution is 2.26. The molecule has 0 unspecified atom stereocenters. The largest absolute Gasteiger partial charge is 0.492 e. The van der Waals surface area contributed by atoms with Gasteiger partial charge >= 0.3 is 6.18 Å². The van der Waals surface area contributed by atoms with E-state index in [0.29, 0.717) is 12.3 Å². The number of rotatable bonds is 5. The van der Waals surface area contributed by atoms with Crippen molar-refractivity contribution in [1.29, 1.82) is 0 Å². The Morgan fingerprint density at radius 3 is 2.60 bits per heavy atom. The molecule has 0 aliphatic carbocycles. The number of benzene rings is 1. The molecule has 25 heavy (non-hydrogen) atoms. The number of carbonyl (C=O) groups excluding carboxylic acids is 2. The van der Waals surface area contributed by atoms with Gasteiger partial charge in [0, 0.05) is 19.0 Å². The molecule has 2 amide bonds. The van der Waals surface area contributed by atoms with Crippen molar-refractivity contribution in [1.82, 2.24) is 10.2 Å². The molecule has 1 aliphatic rings. The van der Waals surface area contributed by atoms with Crippen LogP contribution in [-0.4, -0.2) is 61.8 Å². The van der Waals surface area contributed by atoms with E-state index in [-0.39, 0.29) is 31.2 Å². The standard InChI is InChI=1S/C16H19F3N2O4/c1-11(22)20-6-8-24-13-4-2-12(3-5-13)15(23)21-7-9-25-14(10-21)16(17,18)19/h2-5,14H,6-10H2,1H3,(H,20,22)/t14-/m0/s1. The number of amides is 2. The van der Waals surface area contributed by atoms with E-state index in [1.54, 1.807) is 12.1 Å². The van der Waals surface area contributed by atoms with E-state index in [2.05, 4.69) is 10.1 Å². The zero-order valence-corrected chi connectivity index (χ0v) is 13.6. The zero-order chi connectivity index (χ0) is 18.4.